The zero-order valence-electron chi connectivity index (χ0n) is 8.60. The van der Waals surface area contributed by atoms with Crippen molar-refractivity contribution in [3.05, 3.63) is 0 Å². The fraction of sp³-hybridized carbons (Fsp3) is 0.900. The van der Waals surface area contributed by atoms with Crippen molar-refractivity contribution in [3.8, 4) is 0 Å². The van der Waals surface area contributed by atoms with Gasteiger partial charge in [-0.1, -0.05) is 6.92 Å². The van der Waals surface area contributed by atoms with Gasteiger partial charge in [0.15, 0.2) is 0 Å². The first-order chi connectivity index (χ1) is 6.45. The molecule has 2 bridgehead atoms. The molecule has 1 atom stereocenters. The predicted molar refractivity (Wildman–Crippen MR) is 54.3 cm³/mol. The summed E-state index contributed by atoms with van der Waals surface area (Å²) in [7, 11) is 0. The lowest BCUT2D eigenvalue weighted by atomic mass is 9.64. The second-order valence-electron chi connectivity index (χ2n) is 4.97. The minimum absolute atomic E-state index is 0.0732. The maximum atomic E-state index is 11.2. The fourth-order valence-corrected chi connectivity index (χ4v) is 2.68. The average Bonchev–Trinajstić information content (AvgIpc) is 2.53. The summed E-state index contributed by atoms with van der Waals surface area (Å²) in [6.45, 7) is 5.34. The zero-order chi connectivity index (χ0) is 10.4. The number of carbonyl (C=O) groups is 1. The first-order valence-corrected chi connectivity index (χ1v) is 5.44. The van der Waals surface area contributed by atoms with Crippen molar-refractivity contribution in [2.75, 3.05) is 13.2 Å². The molecule has 1 amide bonds. The van der Waals surface area contributed by atoms with Gasteiger partial charge in [0.2, 0.25) is 5.91 Å². The topological polar surface area (TPSA) is 38.3 Å². The lowest BCUT2D eigenvalue weighted by Gasteiger charge is -2.42. The van der Waals surface area contributed by atoms with Gasteiger partial charge in [0.05, 0.1) is 12.2 Å². The van der Waals surface area contributed by atoms with E-state index in [-0.39, 0.29) is 11.5 Å². The van der Waals surface area contributed by atoms with Crippen LogP contribution in [0.3, 0.4) is 0 Å². The van der Waals surface area contributed by atoms with Crippen molar-refractivity contribution in [3.63, 3.8) is 0 Å². The van der Waals surface area contributed by atoms with Crippen LogP contribution in [-0.4, -0.2) is 30.0 Å². The molecule has 1 aliphatic carbocycles. The van der Waals surface area contributed by atoms with Crippen LogP contribution >= 0.6 is 11.6 Å². The molecule has 3 nitrogen and oxygen atoms in total. The Labute approximate surface area is 89.1 Å². The number of hydrogen-bond donors (Lipinski definition) is 1. The van der Waals surface area contributed by atoms with Gasteiger partial charge < -0.3 is 10.1 Å². The maximum Gasteiger partial charge on any atom is 0.237 e. The van der Waals surface area contributed by atoms with E-state index in [0.717, 1.165) is 19.4 Å². The number of fused-ring (bicyclic) bond motifs is 1. The Bertz CT molecular complexity index is 259. The van der Waals surface area contributed by atoms with E-state index in [1.54, 1.807) is 6.92 Å². The molecule has 1 saturated carbocycles. The molecule has 3 rings (SSSR count). The second-order valence-corrected chi connectivity index (χ2v) is 5.62. The van der Waals surface area contributed by atoms with Gasteiger partial charge in [-0.2, -0.15) is 0 Å². The normalized spacial score (nSPS) is 41.6. The zero-order valence-corrected chi connectivity index (χ0v) is 9.36. The predicted octanol–water partition coefficient (Wildman–Crippen LogP) is 1.30. The molecule has 0 aromatic rings. The SMILES string of the molecule is CC(Cl)C(=O)NCC12CC(C)(CO1)C2. The van der Waals surface area contributed by atoms with Crippen molar-refractivity contribution in [2.45, 2.75) is 37.7 Å². The minimum Gasteiger partial charge on any atom is -0.373 e. The molecule has 0 aromatic heterocycles. The summed E-state index contributed by atoms with van der Waals surface area (Å²) in [6.07, 6.45) is 2.13. The monoisotopic (exact) mass is 217 g/mol. The highest BCUT2D eigenvalue weighted by Crippen LogP contribution is 2.57. The molecular weight excluding hydrogens is 202 g/mol. The number of halogens is 1. The summed E-state index contributed by atoms with van der Waals surface area (Å²) in [4.78, 5) is 11.2. The van der Waals surface area contributed by atoms with E-state index in [2.05, 4.69) is 12.2 Å². The summed E-state index contributed by atoms with van der Waals surface area (Å²) in [5.74, 6) is -0.106. The molecular formula is C10H16ClNO2. The summed E-state index contributed by atoms with van der Waals surface area (Å²) < 4.78 is 5.69. The number of hydrogen-bond acceptors (Lipinski definition) is 2. The highest BCUT2D eigenvalue weighted by molar-refractivity contribution is 6.30. The molecule has 0 spiro atoms. The summed E-state index contributed by atoms with van der Waals surface area (Å²) in [5.41, 5.74) is 0.299. The maximum absolute atomic E-state index is 11.2. The van der Waals surface area contributed by atoms with Crippen LogP contribution in [0.4, 0.5) is 0 Å². The van der Waals surface area contributed by atoms with Gasteiger partial charge in [-0.3, -0.25) is 4.79 Å². The molecule has 2 aliphatic heterocycles. The van der Waals surface area contributed by atoms with Crippen molar-refractivity contribution >= 4 is 17.5 Å². The molecule has 2 heterocycles. The summed E-state index contributed by atoms with van der Waals surface area (Å²) in [6, 6.07) is 0. The van der Waals surface area contributed by atoms with Gasteiger partial charge in [-0.05, 0) is 25.2 Å². The molecule has 80 valence electrons. The molecule has 0 aromatic carbocycles. The Morgan fingerprint density at radius 2 is 2.29 bits per heavy atom. The van der Waals surface area contributed by atoms with E-state index in [1.807, 2.05) is 0 Å². The Morgan fingerprint density at radius 3 is 2.71 bits per heavy atom. The molecule has 1 N–H and O–H groups in total. The van der Waals surface area contributed by atoms with E-state index in [0.29, 0.717) is 12.0 Å². The smallest absolute Gasteiger partial charge is 0.237 e. The molecule has 3 aliphatic rings. The van der Waals surface area contributed by atoms with E-state index in [9.17, 15) is 4.79 Å². The van der Waals surface area contributed by atoms with Crippen molar-refractivity contribution < 1.29 is 9.53 Å². The molecule has 4 heteroatoms. The number of ether oxygens (including phenoxy) is 1. The van der Waals surface area contributed by atoms with Crippen molar-refractivity contribution in [2.24, 2.45) is 5.41 Å². The van der Waals surface area contributed by atoms with Crippen LogP contribution in [0.2, 0.25) is 0 Å². The lowest BCUT2D eigenvalue weighted by molar-refractivity contribution is -0.122. The second kappa shape index (κ2) is 3.11. The molecule has 14 heavy (non-hydrogen) atoms. The molecule has 2 saturated heterocycles. The number of nitrogens with one attached hydrogen (secondary N) is 1. The third-order valence-electron chi connectivity index (χ3n) is 3.17. The van der Waals surface area contributed by atoms with Crippen molar-refractivity contribution in [1.29, 1.82) is 0 Å². The number of alkyl halides is 1. The average molecular weight is 218 g/mol. The number of amides is 1. The van der Waals surface area contributed by atoms with Gasteiger partial charge in [-0.15, -0.1) is 11.6 Å². The Hall–Kier alpha value is -0.280. The molecule has 3 fully saturated rings. The van der Waals surface area contributed by atoms with E-state index < -0.39 is 5.38 Å². The first-order valence-electron chi connectivity index (χ1n) is 5.01. The van der Waals surface area contributed by atoms with Gasteiger partial charge in [0.25, 0.3) is 0 Å². The van der Waals surface area contributed by atoms with Crippen LogP contribution in [-0.2, 0) is 9.53 Å². The van der Waals surface area contributed by atoms with Gasteiger partial charge >= 0.3 is 0 Å². The fourth-order valence-electron chi connectivity index (χ4n) is 2.60. The summed E-state index contributed by atoms with van der Waals surface area (Å²) in [5, 5.41) is 2.36. The third kappa shape index (κ3) is 1.63. The van der Waals surface area contributed by atoms with Crippen LogP contribution in [0, 0.1) is 5.41 Å². The van der Waals surface area contributed by atoms with Crippen LogP contribution in [0.5, 0.6) is 0 Å². The molecule has 0 radical (unpaired) electrons. The standard InChI is InChI=1S/C10H16ClNO2/c1-7(11)8(13)12-5-10-3-9(2,4-10)6-14-10/h7H,3-6H2,1-2H3,(H,12,13). The highest BCUT2D eigenvalue weighted by Gasteiger charge is 2.59. The van der Waals surface area contributed by atoms with Crippen LogP contribution in [0.25, 0.3) is 0 Å². The Morgan fingerprint density at radius 1 is 1.64 bits per heavy atom. The summed E-state index contributed by atoms with van der Waals surface area (Å²) >= 11 is 5.65. The van der Waals surface area contributed by atoms with Gasteiger partial charge in [-0.25, -0.2) is 0 Å². The van der Waals surface area contributed by atoms with Gasteiger partial charge in [0, 0.05) is 6.54 Å². The van der Waals surface area contributed by atoms with E-state index >= 15 is 0 Å². The van der Waals surface area contributed by atoms with Crippen LogP contribution in [0.15, 0.2) is 0 Å². The highest BCUT2D eigenvalue weighted by atomic mass is 35.5. The Kier molecular flexibility index (Phi) is 2.27. The van der Waals surface area contributed by atoms with Crippen LogP contribution in [0.1, 0.15) is 26.7 Å². The quantitative estimate of drug-likeness (QED) is 0.724. The number of carbonyl (C=O) groups excluding carboxylic acids is 1. The Balaban J connectivity index is 1.81. The number of rotatable bonds is 3. The largest absolute Gasteiger partial charge is 0.373 e. The lowest BCUT2D eigenvalue weighted by Crippen LogP contribution is -2.51. The van der Waals surface area contributed by atoms with E-state index in [4.69, 9.17) is 16.3 Å². The van der Waals surface area contributed by atoms with E-state index in [1.165, 1.54) is 0 Å². The van der Waals surface area contributed by atoms with Gasteiger partial charge in [0.1, 0.15) is 5.38 Å². The van der Waals surface area contributed by atoms with Crippen molar-refractivity contribution in [1.82, 2.24) is 5.32 Å². The van der Waals surface area contributed by atoms with Crippen LogP contribution < -0.4 is 5.32 Å². The minimum atomic E-state index is -0.459. The first kappa shape index (κ1) is 10.2. The third-order valence-corrected chi connectivity index (χ3v) is 3.37. The molecule has 1 unspecified atom stereocenters.